The summed E-state index contributed by atoms with van der Waals surface area (Å²) in [7, 11) is 0. The van der Waals surface area contributed by atoms with E-state index in [0.29, 0.717) is 10.7 Å². The predicted molar refractivity (Wildman–Crippen MR) is 92.9 cm³/mol. The van der Waals surface area contributed by atoms with Gasteiger partial charge in [0, 0.05) is 5.56 Å². The van der Waals surface area contributed by atoms with E-state index in [2.05, 4.69) is 27.6 Å². The highest BCUT2D eigenvalue weighted by Gasteiger charge is 2.09. The minimum atomic E-state index is -0.157. The fraction of sp³-hybridized carbons (Fsp3) is 0.167. The van der Waals surface area contributed by atoms with Crippen molar-refractivity contribution in [2.24, 2.45) is 0 Å². The molecule has 3 rings (SSSR count). The Labute approximate surface area is 139 Å². The second-order valence-electron chi connectivity index (χ2n) is 5.17. The Morgan fingerprint density at radius 1 is 1.00 bits per heavy atom. The molecule has 0 atom stereocenters. The summed E-state index contributed by atoms with van der Waals surface area (Å²) in [5, 5.41) is 12.2. The third-order valence-electron chi connectivity index (χ3n) is 3.46. The molecule has 23 heavy (non-hydrogen) atoms. The van der Waals surface area contributed by atoms with Gasteiger partial charge in [-0.3, -0.25) is 10.1 Å². The first-order valence-electron chi connectivity index (χ1n) is 7.51. The molecule has 0 saturated carbocycles. The van der Waals surface area contributed by atoms with Crippen molar-refractivity contribution in [3.63, 3.8) is 0 Å². The number of benzene rings is 2. The van der Waals surface area contributed by atoms with Crippen molar-refractivity contribution in [3.8, 4) is 0 Å². The number of aryl methyl sites for hydroxylation is 1. The molecule has 1 aromatic heterocycles. The summed E-state index contributed by atoms with van der Waals surface area (Å²) < 4.78 is 0. The Morgan fingerprint density at radius 3 is 2.35 bits per heavy atom. The number of amides is 1. The van der Waals surface area contributed by atoms with Crippen LogP contribution in [0.15, 0.2) is 54.6 Å². The summed E-state index contributed by atoms with van der Waals surface area (Å²) in [4.78, 5) is 12.2. The van der Waals surface area contributed by atoms with E-state index in [1.807, 2.05) is 49.4 Å². The van der Waals surface area contributed by atoms with Crippen molar-refractivity contribution in [3.05, 3.63) is 76.3 Å². The average molecular weight is 323 g/mol. The Balaban J connectivity index is 1.65. The highest BCUT2D eigenvalue weighted by atomic mass is 32.1. The number of rotatable bonds is 5. The summed E-state index contributed by atoms with van der Waals surface area (Å²) in [6.07, 6.45) is 1.68. The van der Waals surface area contributed by atoms with E-state index in [9.17, 15) is 4.79 Å². The van der Waals surface area contributed by atoms with E-state index < -0.39 is 0 Å². The van der Waals surface area contributed by atoms with Crippen LogP contribution >= 0.6 is 11.3 Å². The molecule has 0 bridgehead atoms. The van der Waals surface area contributed by atoms with E-state index in [-0.39, 0.29) is 5.91 Å². The molecule has 0 aliphatic rings. The zero-order valence-electron chi connectivity index (χ0n) is 12.8. The van der Waals surface area contributed by atoms with Crippen LogP contribution in [0, 0.1) is 0 Å². The maximum Gasteiger partial charge on any atom is 0.257 e. The van der Waals surface area contributed by atoms with Gasteiger partial charge in [0.25, 0.3) is 5.91 Å². The molecule has 0 radical (unpaired) electrons. The average Bonchev–Trinajstić information content (AvgIpc) is 3.04. The van der Waals surface area contributed by atoms with Crippen molar-refractivity contribution < 1.29 is 4.79 Å². The molecule has 4 nitrogen and oxygen atoms in total. The lowest BCUT2D eigenvalue weighted by Gasteiger charge is -2.04. The van der Waals surface area contributed by atoms with Crippen LogP contribution < -0.4 is 5.32 Å². The third kappa shape index (κ3) is 4.02. The number of hydrogen-bond acceptors (Lipinski definition) is 4. The second-order valence-corrected chi connectivity index (χ2v) is 6.23. The number of nitrogens with one attached hydrogen (secondary N) is 1. The molecule has 3 aromatic rings. The summed E-state index contributed by atoms with van der Waals surface area (Å²) in [6, 6.07) is 17.9. The fourth-order valence-corrected chi connectivity index (χ4v) is 2.90. The molecule has 1 N–H and O–H groups in total. The van der Waals surface area contributed by atoms with Crippen LogP contribution in [0.25, 0.3) is 0 Å². The highest BCUT2D eigenvalue weighted by molar-refractivity contribution is 7.15. The Hall–Kier alpha value is -2.53. The van der Waals surface area contributed by atoms with Gasteiger partial charge in [-0.15, -0.1) is 10.2 Å². The van der Waals surface area contributed by atoms with E-state index in [0.717, 1.165) is 17.8 Å². The van der Waals surface area contributed by atoms with E-state index in [1.54, 1.807) is 0 Å². The van der Waals surface area contributed by atoms with E-state index in [1.165, 1.54) is 22.5 Å². The van der Waals surface area contributed by atoms with Crippen molar-refractivity contribution >= 4 is 22.4 Å². The van der Waals surface area contributed by atoms with E-state index >= 15 is 0 Å². The topological polar surface area (TPSA) is 54.9 Å². The van der Waals surface area contributed by atoms with Gasteiger partial charge in [0.2, 0.25) is 5.13 Å². The minimum Gasteiger partial charge on any atom is -0.296 e. The molecule has 2 aromatic carbocycles. The van der Waals surface area contributed by atoms with Gasteiger partial charge in [-0.2, -0.15) is 0 Å². The number of anilines is 1. The van der Waals surface area contributed by atoms with Gasteiger partial charge in [0.1, 0.15) is 5.01 Å². The number of nitrogens with zero attached hydrogens (tertiary/aromatic N) is 2. The van der Waals surface area contributed by atoms with Crippen LogP contribution in [0.1, 0.15) is 33.4 Å². The lowest BCUT2D eigenvalue weighted by atomic mass is 10.0. The first kappa shape index (κ1) is 15.4. The van der Waals surface area contributed by atoms with Crippen LogP contribution in [0.3, 0.4) is 0 Å². The lowest BCUT2D eigenvalue weighted by Crippen LogP contribution is -2.11. The number of hydrogen-bond donors (Lipinski definition) is 1. The van der Waals surface area contributed by atoms with E-state index in [4.69, 9.17) is 0 Å². The molecule has 0 unspecified atom stereocenters. The van der Waals surface area contributed by atoms with Gasteiger partial charge in [0.15, 0.2) is 0 Å². The highest BCUT2D eigenvalue weighted by Crippen LogP contribution is 2.17. The molecule has 0 saturated heterocycles. The van der Waals surface area contributed by atoms with Crippen molar-refractivity contribution in [2.75, 3.05) is 5.32 Å². The standard InChI is InChI=1S/C18H17N3OS/c1-2-16-20-21-18(23-16)19-17(22)15-10-8-14(9-11-15)12-13-6-4-3-5-7-13/h3-11H,2,12H2,1H3,(H,19,21,22). The summed E-state index contributed by atoms with van der Waals surface area (Å²) in [5.74, 6) is -0.157. The van der Waals surface area contributed by atoms with Crippen LogP contribution in [-0.2, 0) is 12.8 Å². The smallest absolute Gasteiger partial charge is 0.257 e. The molecule has 1 heterocycles. The van der Waals surface area contributed by atoms with Gasteiger partial charge in [-0.1, -0.05) is 60.7 Å². The molecule has 0 fully saturated rings. The normalized spacial score (nSPS) is 10.5. The van der Waals surface area contributed by atoms with Gasteiger partial charge in [-0.25, -0.2) is 0 Å². The van der Waals surface area contributed by atoms with Gasteiger partial charge in [0.05, 0.1) is 0 Å². The Kier molecular flexibility index (Phi) is 4.78. The first-order valence-corrected chi connectivity index (χ1v) is 8.33. The van der Waals surface area contributed by atoms with Crippen LogP contribution in [-0.4, -0.2) is 16.1 Å². The van der Waals surface area contributed by atoms with Crippen LogP contribution in [0.2, 0.25) is 0 Å². The van der Waals surface area contributed by atoms with Crippen molar-refractivity contribution in [2.45, 2.75) is 19.8 Å². The molecule has 116 valence electrons. The van der Waals surface area contributed by atoms with Gasteiger partial charge in [-0.05, 0) is 36.1 Å². The first-order chi connectivity index (χ1) is 11.2. The van der Waals surface area contributed by atoms with Crippen LogP contribution in [0.5, 0.6) is 0 Å². The minimum absolute atomic E-state index is 0.157. The summed E-state index contributed by atoms with van der Waals surface area (Å²) in [6.45, 7) is 2.01. The molecular formula is C18H17N3OS. The van der Waals surface area contributed by atoms with Crippen molar-refractivity contribution in [1.82, 2.24) is 10.2 Å². The number of carbonyl (C=O) groups excluding carboxylic acids is 1. The van der Waals surface area contributed by atoms with Gasteiger partial charge >= 0.3 is 0 Å². The number of carbonyl (C=O) groups is 1. The molecule has 5 heteroatoms. The zero-order chi connectivity index (χ0) is 16.1. The number of aromatic nitrogens is 2. The maximum atomic E-state index is 12.2. The Morgan fingerprint density at radius 2 is 1.70 bits per heavy atom. The Bertz CT molecular complexity index is 782. The second kappa shape index (κ2) is 7.15. The molecule has 0 aliphatic carbocycles. The lowest BCUT2D eigenvalue weighted by molar-refractivity contribution is 0.102. The van der Waals surface area contributed by atoms with Gasteiger partial charge < -0.3 is 0 Å². The quantitative estimate of drug-likeness (QED) is 0.773. The maximum absolute atomic E-state index is 12.2. The van der Waals surface area contributed by atoms with Crippen LogP contribution in [0.4, 0.5) is 5.13 Å². The predicted octanol–water partition coefficient (Wildman–Crippen LogP) is 3.94. The molecule has 1 amide bonds. The van der Waals surface area contributed by atoms with Crippen molar-refractivity contribution in [1.29, 1.82) is 0 Å². The SMILES string of the molecule is CCc1nnc(NC(=O)c2ccc(Cc3ccccc3)cc2)s1. The summed E-state index contributed by atoms with van der Waals surface area (Å²) >= 11 is 1.41. The third-order valence-corrected chi connectivity index (χ3v) is 4.44. The monoisotopic (exact) mass is 323 g/mol. The molecule has 0 spiro atoms. The largest absolute Gasteiger partial charge is 0.296 e. The molecule has 0 aliphatic heterocycles. The molecular weight excluding hydrogens is 306 g/mol. The fourth-order valence-electron chi connectivity index (χ4n) is 2.22. The zero-order valence-corrected chi connectivity index (χ0v) is 13.6. The summed E-state index contributed by atoms with van der Waals surface area (Å²) in [5.41, 5.74) is 3.05.